The molecular formula is C18H33N. The van der Waals surface area contributed by atoms with Crippen molar-refractivity contribution in [3.05, 3.63) is 0 Å². The van der Waals surface area contributed by atoms with Crippen LogP contribution in [0.25, 0.3) is 0 Å². The predicted octanol–water partition coefficient (Wildman–Crippen LogP) is 4.75. The van der Waals surface area contributed by atoms with E-state index >= 15 is 0 Å². The maximum absolute atomic E-state index is 6.42. The van der Waals surface area contributed by atoms with Crippen LogP contribution in [0, 0.1) is 29.1 Å². The van der Waals surface area contributed by atoms with Gasteiger partial charge in [0.1, 0.15) is 0 Å². The first-order chi connectivity index (χ1) is 9.05. The Morgan fingerprint density at radius 1 is 0.842 bits per heavy atom. The molecule has 0 radical (unpaired) electrons. The van der Waals surface area contributed by atoms with Gasteiger partial charge in [-0.25, -0.2) is 0 Å². The van der Waals surface area contributed by atoms with Crippen LogP contribution in [0.4, 0.5) is 0 Å². The summed E-state index contributed by atoms with van der Waals surface area (Å²) in [5.74, 6) is 3.92. The van der Waals surface area contributed by atoms with E-state index in [9.17, 15) is 0 Å². The van der Waals surface area contributed by atoms with Crippen LogP contribution in [0.15, 0.2) is 0 Å². The van der Waals surface area contributed by atoms with E-state index in [4.69, 9.17) is 5.73 Å². The molecular weight excluding hydrogens is 230 g/mol. The molecule has 0 aromatic carbocycles. The largest absolute Gasteiger partial charge is 0.327 e. The van der Waals surface area contributed by atoms with Gasteiger partial charge in [0.15, 0.2) is 0 Å². The lowest BCUT2D eigenvalue weighted by Crippen LogP contribution is -2.42. The Morgan fingerprint density at radius 3 is 2.37 bits per heavy atom. The van der Waals surface area contributed by atoms with Crippen molar-refractivity contribution >= 4 is 0 Å². The van der Waals surface area contributed by atoms with Gasteiger partial charge in [0.25, 0.3) is 0 Å². The average Bonchev–Trinajstić information content (AvgIpc) is 2.38. The van der Waals surface area contributed by atoms with Crippen LogP contribution < -0.4 is 5.73 Å². The lowest BCUT2D eigenvalue weighted by atomic mass is 9.58. The molecule has 1 heteroatoms. The molecule has 110 valence electrons. The van der Waals surface area contributed by atoms with Crippen molar-refractivity contribution in [2.45, 2.75) is 84.1 Å². The number of fused-ring (bicyclic) bond motifs is 1. The molecule has 19 heavy (non-hydrogen) atoms. The Morgan fingerprint density at radius 2 is 1.58 bits per heavy atom. The Hall–Kier alpha value is -0.0400. The van der Waals surface area contributed by atoms with E-state index in [1.165, 1.54) is 64.2 Å². The molecule has 5 atom stereocenters. The van der Waals surface area contributed by atoms with Gasteiger partial charge in [-0.15, -0.1) is 0 Å². The molecule has 2 N–H and O–H groups in total. The minimum absolute atomic E-state index is 0.523. The van der Waals surface area contributed by atoms with Gasteiger partial charge in [-0.1, -0.05) is 26.7 Å². The topological polar surface area (TPSA) is 26.0 Å². The summed E-state index contributed by atoms with van der Waals surface area (Å²) in [5, 5.41) is 0. The first-order valence-electron chi connectivity index (χ1n) is 8.81. The number of rotatable bonds is 1. The standard InChI is InChI=1S/C18H33N/c1-18(2)10-9-13-11-14(7-8-15(13)12-18)16-5-3-4-6-17(16)19/h13-17H,3-12,19H2,1-2H3. The third-order valence-electron chi connectivity index (χ3n) is 6.67. The second kappa shape index (κ2) is 5.39. The monoisotopic (exact) mass is 263 g/mol. The summed E-state index contributed by atoms with van der Waals surface area (Å²) in [6.45, 7) is 4.96. The van der Waals surface area contributed by atoms with Gasteiger partial charge in [0.2, 0.25) is 0 Å². The first kappa shape index (κ1) is 13.9. The predicted molar refractivity (Wildman–Crippen MR) is 81.9 cm³/mol. The number of hydrogen-bond acceptors (Lipinski definition) is 1. The maximum atomic E-state index is 6.42. The van der Waals surface area contributed by atoms with Crippen LogP contribution in [0.2, 0.25) is 0 Å². The number of nitrogens with two attached hydrogens (primary N) is 1. The molecule has 0 saturated heterocycles. The third kappa shape index (κ3) is 3.01. The minimum Gasteiger partial charge on any atom is -0.327 e. The smallest absolute Gasteiger partial charge is 0.00698 e. The van der Waals surface area contributed by atoms with Crippen molar-refractivity contribution in [2.75, 3.05) is 0 Å². The molecule has 1 nitrogen and oxygen atoms in total. The van der Waals surface area contributed by atoms with Crippen LogP contribution in [-0.2, 0) is 0 Å². The molecule has 5 unspecified atom stereocenters. The zero-order chi connectivity index (χ0) is 13.5. The normalized spacial score (nSPS) is 46.6. The van der Waals surface area contributed by atoms with Crippen molar-refractivity contribution in [3.63, 3.8) is 0 Å². The molecule has 3 aliphatic carbocycles. The fraction of sp³-hybridized carbons (Fsp3) is 1.00. The van der Waals surface area contributed by atoms with E-state index < -0.39 is 0 Å². The minimum atomic E-state index is 0.523. The number of hydrogen-bond donors (Lipinski definition) is 1. The second-order valence-corrected chi connectivity index (χ2v) is 8.61. The van der Waals surface area contributed by atoms with Gasteiger partial charge < -0.3 is 5.73 Å². The van der Waals surface area contributed by atoms with Crippen molar-refractivity contribution < 1.29 is 0 Å². The second-order valence-electron chi connectivity index (χ2n) is 8.61. The van der Waals surface area contributed by atoms with Crippen LogP contribution in [0.3, 0.4) is 0 Å². The molecule has 0 heterocycles. The fourth-order valence-corrected chi connectivity index (χ4v) is 5.54. The van der Waals surface area contributed by atoms with Crippen molar-refractivity contribution in [3.8, 4) is 0 Å². The Labute approximate surface area is 119 Å². The molecule has 0 aromatic rings. The van der Waals surface area contributed by atoms with E-state index in [-0.39, 0.29) is 0 Å². The van der Waals surface area contributed by atoms with E-state index in [1.54, 1.807) is 0 Å². The summed E-state index contributed by atoms with van der Waals surface area (Å²) in [6, 6.07) is 0.523. The van der Waals surface area contributed by atoms with Crippen molar-refractivity contribution in [1.82, 2.24) is 0 Å². The van der Waals surface area contributed by atoms with E-state index in [0.717, 1.165) is 23.7 Å². The summed E-state index contributed by atoms with van der Waals surface area (Å²) in [5.41, 5.74) is 7.04. The van der Waals surface area contributed by atoms with E-state index in [2.05, 4.69) is 13.8 Å². The summed E-state index contributed by atoms with van der Waals surface area (Å²) in [4.78, 5) is 0. The highest BCUT2D eigenvalue weighted by molar-refractivity contribution is 4.93. The molecule has 0 amide bonds. The SMILES string of the molecule is CC1(C)CCC2CC(C3CCCCC3N)CCC2C1. The molecule has 3 saturated carbocycles. The summed E-state index contributed by atoms with van der Waals surface area (Å²) >= 11 is 0. The molecule has 0 bridgehead atoms. The first-order valence-corrected chi connectivity index (χ1v) is 8.81. The van der Waals surface area contributed by atoms with Gasteiger partial charge in [-0.3, -0.25) is 0 Å². The maximum Gasteiger partial charge on any atom is 0.00698 e. The Kier molecular flexibility index (Phi) is 3.95. The summed E-state index contributed by atoms with van der Waals surface area (Å²) < 4.78 is 0. The Balaban J connectivity index is 1.60. The van der Waals surface area contributed by atoms with Crippen molar-refractivity contribution in [1.29, 1.82) is 0 Å². The van der Waals surface area contributed by atoms with Gasteiger partial charge in [0.05, 0.1) is 0 Å². The molecule has 0 aliphatic heterocycles. The average molecular weight is 263 g/mol. The molecule has 3 aliphatic rings. The van der Waals surface area contributed by atoms with Gasteiger partial charge in [-0.05, 0) is 80.5 Å². The fourth-order valence-electron chi connectivity index (χ4n) is 5.54. The highest BCUT2D eigenvalue weighted by Crippen LogP contribution is 2.51. The zero-order valence-corrected chi connectivity index (χ0v) is 13.0. The van der Waals surface area contributed by atoms with Crippen LogP contribution in [0.5, 0.6) is 0 Å². The third-order valence-corrected chi connectivity index (χ3v) is 6.67. The van der Waals surface area contributed by atoms with Crippen LogP contribution in [-0.4, -0.2) is 6.04 Å². The Bertz CT molecular complexity index is 309. The quantitative estimate of drug-likeness (QED) is 0.726. The summed E-state index contributed by atoms with van der Waals surface area (Å²) in [7, 11) is 0. The van der Waals surface area contributed by atoms with E-state index in [1.807, 2.05) is 0 Å². The highest BCUT2D eigenvalue weighted by atomic mass is 14.7. The van der Waals surface area contributed by atoms with Crippen molar-refractivity contribution in [2.24, 2.45) is 34.8 Å². The van der Waals surface area contributed by atoms with E-state index in [0.29, 0.717) is 11.5 Å². The zero-order valence-electron chi connectivity index (χ0n) is 13.0. The lowest BCUT2D eigenvalue weighted by molar-refractivity contribution is 0.0348. The lowest BCUT2D eigenvalue weighted by Gasteiger charge is -2.48. The van der Waals surface area contributed by atoms with Gasteiger partial charge in [-0.2, -0.15) is 0 Å². The van der Waals surface area contributed by atoms with Crippen LogP contribution >= 0.6 is 0 Å². The van der Waals surface area contributed by atoms with Gasteiger partial charge >= 0.3 is 0 Å². The van der Waals surface area contributed by atoms with Gasteiger partial charge in [0, 0.05) is 6.04 Å². The molecule has 0 spiro atoms. The molecule has 3 rings (SSSR count). The highest BCUT2D eigenvalue weighted by Gasteiger charge is 2.41. The molecule has 3 fully saturated rings. The summed E-state index contributed by atoms with van der Waals surface area (Å²) in [6.07, 6.45) is 14.5. The molecule has 0 aromatic heterocycles. The van der Waals surface area contributed by atoms with Crippen LogP contribution in [0.1, 0.15) is 78.1 Å².